The first-order valence-corrected chi connectivity index (χ1v) is 19.3. The fourth-order valence-corrected chi connectivity index (χ4v) is 11.9. The van der Waals surface area contributed by atoms with Gasteiger partial charge < -0.3 is 33.2 Å². The Bertz CT molecular complexity index is 1350. The Kier molecular flexibility index (Phi) is 8.43. The SMILES string of the molecule is CC1CCC2C(C)C(OC[C@H]3O[C@@H]3COC3(C(F)(F)F)OC4OC5(C)CCC6C(C)CCC(C3C)C46OO5)(C(F)(F)F)OC3OC4(C)CCC1C32OO4. The van der Waals surface area contributed by atoms with E-state index in [2.05, 4.69) is 13.8 Å². The fraction of sp³-hybridized carbons (Fsp3) is 1.00. The lowest BCUT2D eigenvalue weighted by Crippen LogP contribution is -2.76. The van der Waals surface area contributed by atoms with Crippen molar-refractivity contribution < 1.29 is 79.1 Å². The van der Waals surface area contributed by atoms with Gasteiger partial charge in [-0.2, -0.15) is 26.3 Å². The highest BCUT2D eigenvalue weighted by atomic mass is 19.4. The molecule has 9 aliphatic heterocycles. The Morgan fingerprint density at radius 2 is 0.925 bits per heavy atom. The minimum Gasteiger partial charge on any atom is -0.365 e. The van der Waals surface area contributed by atoms with E-state index < -0.39 is 108 Å². The van der Waals surface area contributed by atoms with Gasteiger partial charge in [0.1, 0.15) is 12.2 Å². The van der Waals surface area contributed by atoms with Crippen molar-refractivity contribution >= 4 is 0 Å². The van der Waals surface area contributed by atoms with Crippen molar-refractivity contribution in [1.29, 1.82) is 0 Å². The quantitative estimate of drug-likeness (QED) is 0.157. The Morgan fingerprint density at radius 3 is 1.30 bits per heavy atom. The van der Waals surface area contributed by atoms with E-state index in [1.54, 1.807) is 13.8 Å². The summed E-state index contributed by atoms with van der Waals surface area (Å²) >= 11 is 0. The molecule has 18 atom stereocenters. The van der Waals surface area contributed by atoms with Crippen molar-refractivity contribution in [2.75, 3.05) is 13.2 Å². The van der Waals surface area contributed by atoms with Gasteiger partial charge in [0, 0.05) is 36.5 Å². The van der Waals surface area contributed by atoms with Crippen molar-refractivity contribution in [3.8, 4) is 0 Å². The van der Waals surface area contributed by atoms with Crippen LogP contribution in [-0.2, 0) is 52.7 Å². The zero-order chi connectivity index (χ0) is 37.8. The highest BCUT2D eigenvalue weighted by Gasteiger charge is 2.79. The number of halogens is 6. The molecule has 11 aliphatic rings. The van der Waals surface area contributed by atoms with Gasteiger partial charge in [0.25, 0.3) is 11.6 Å². The molecule has 0 aromatic heterocycles. The maximum Gasteiger partial charge on any atom is 0.443 e. The van der Waals surface area contributed by atoms with Crippen LogP contribution in [-0.4, -0.2) is 84.7 Å². The molecular formula is C36H50F6O11. The minimum absolute atomic E-state index is 0.134. The van der Waals surface area contributed by atoms with Crippen LogP contribution < -0.4 is 0 Å². The van der Waals surface area contributed by atoms with Crippen LogP contribution in [0.15, 0.2) is 0 Å². The third-order valence-corrected chi connectivity index (χ3v) is 14.9. The Morgan fingerprint density at radius 1 is 0.528 bits per heavy atom. The number of hydrogen-bond acceptors (Lipinski definition) is 11. The van der Waals surface area contributed by atoms with E-state index in [0.29, 0.717) is 51.4 Å². The first kappa shape index (κ1) is 37.7. The van der Waals surface area contributed by atoms with Crippen molar-refractivity contribution in [2.24, 2.45) is 47.3 Å². The van der Waals surface area contributed by atoms with Gasteiger partial charge in [-0.3, -0.25) is 0 Å². The van der Waals surface area contributed by atoms with Crippen LogP contribution in [0.5, 0.6) is 0 Å². The molecule has 302 valence electrons. The number of rotatable bonds is 6. The molecule has 11 fully saturated rings. The molecule has 0 aromatic rings. The molecule has 0 aromatic carbocycles. The second-order valence-corrected chi connectivity index (χ2v) is 17.8. The van der Waals surface area contributed by atoms with Crippen LogP contribution in [0.1, 0.15) is 92.9 Å². The van der Waals surface area contributed by atoms with Crippen LogP contribution in [0.25, 0.3) is 0 Å². The standard InChI is InChI=1S/C36H50F6O11/c1-17-7-9-23-19(3)33(35(37,38)39,48-27-31(23)21(17)11-13-29(5,46-27)50-52-31)43-15-25-26(45-25)16-44-34(36(40,41)42)20(4)24-10-8-18(2)22-12-14-30(6)47-28(49-34)32(22,24)53-51-30/h17-28H,7-16H2,1-6H3/t17?,18?,19?,20?,21?,22?,23?,24?,25-,26-,27?,28?,29?,30?,31?,32?,33?,34?/m1/s1. The molecule has 2 spiro atoms. The third-order valence-electron chi connectivity index (χ3n) is 14.9. The maximum atomic E-state index is 15.3. The molecular weight excluding hydrogens is 722 g/mol. The number of epoxide rings is 1. The van der Waals surface area contributed by atoms with Gasteiger partial charge >= 0.3 is 12.4 Å². The van der Waals surface area contributed by atoms with Gasteiger partial charge in [0.2, 0.25) is 11.6 Å². The summed E-state index contributed by atoms with van der Waals surface area (Å²) in [5, 5.41) is 0. The fourth-order valence-electron chi connectivity index (χ4n) is 11.9. The predicted molar refractivity (Wildman–Crippen MR) is 164 cm³/mol. The second-order valence-electron chi connectivity index (χ2n) is 17.8. The van der Waals surface area contributed by atoms with E-state index in [1.807, 2.05) is 0 Å². The molecule has 0 radical (unpaired) electrons. The summed E-state index contributed by atoms with van der Waals surface area (Å²) < 4.78 is 133. The summed E-state index contributed by atoms with van der Waals surface area (Å²) in [5.74, 6) is -12.8. The monoisotopic (exact) mass is 772 g/mol. The molecule has 9 heterocycles. The first-order chi connectivity index (χ1) is 24.7. The third kappa shape index (κ3) is 5.13. The number of ether oxygens (including phenoxy) is 7. The average Bonchev–Trinajstić information content (AvgIpc) is 3.90. The zero-order valence-electron chi connectivity index (χ0n) is 30.8. The lowest BCUT2D eigenvalue weighted by atomic mass is 9.57. The highest BCUT2D eigenvalue weighted by Crippen LogP contribution is 2.66. The molecule has 2 aliphatic carbocycles. The second kappa shape index (κ2) is 11.9. The molecule has 11 rings (SSSR count). The summed E-state index contributed by atoms with van der Waals surface area (Å²) in [6.07, 6.45) is -10.6. The van der Waals surface area contributed by atoms with Crippen LogP contribution in [0, 0.1) is 47.3 Å². The molecule has 17 heteroatoms. The van der Waals surface area contributed by atoms with Gasteiger partial charge in [0.05, 0.1) is 13.2 Å². The van der Waals surface area contributed by atoms with Crippen molar-refractivity contribution in [1.82, 2.24) is 0 Å². The lowest BCUT2D eigenvalue weighted by Gasteiger charge is -2.63. The molecule has 9 saturated heterocycles. The average molecular weight is 773 g/mol. The van der Waals surface area contributed by atoms with Gasteiger partial charge in [-0.15, -0.1) is 0 Å². The van der Waals surface area contributed by atoms with E-state index in [-0.39, 0.29) is 23.7 Å². The summed E-state index contributed by atoms with van der Waals surface area (Å²) in [6.45, 7) is 8.97. The van der Waals surface area contributed by atoms with E-state index in [0.717, 1.165) is 0 Å². The highest BCUT2D eigenvalue weighted by molar-refractivity contribution is 5.14. The van der Waals surface area contributed by atoms with Gasteiger partial charge in [-0.1, -0.05) is 27.7 Å². The molecule has 53 heavy (non-hydrogen) atoms. The van der Waals surface area contributed by atoms with E-state index in [9.17, 15) is 0 Å². The summed E-state index contributed by atoms with van der Waals surface area (Å²) in [7, 11) is 0. The smallest absolute Gasteiger partial charge is 0.365 e. The number of alkyl halides is 6. The molecule has 2 saturated carbocycles. The van der Waals surface area contributed by atoms with Gasteiger partial charge in [0.15, 0.2) is 23.8 Å². The number of fused-ring (bicyclic) bond motifs is 4. The van der Waals surface area contributed by atoms with Crippen LogP contribution >= 0.6 is 0 Å². The van der Waals surface area contributed by atoms with Gasteiger partial charge in [-0.25, -0.2) is 19.6 Å². The van der Waals surface area contributed by atoms with E-state index in [4.69, 9.17) is 52.7 Å². The topological polar surface area (TPSA) is 105 Å². The van der Waals surface area contributed by atoms with E-state index >= 15 is 26.3 Å². The van der Waals surface area contributed by atoms with E-state index in [1.165, 1.54) is 13.8 Å². The van der Waals surface area contributed by atoms with Crippen LogP contribution in [0.3, 0.4) is 0 Å². The van der Waals surface area contributed by atoms with Crippen molar-refractivity contribution in [3.05, 3.63) is 0 Å². The largest absolute Gasteiger partial charge is 0.443 e. The normalized spacial score (nSPS) is 57.3. The number of hydrogen-bond donors (Lipinski definition) is 0. The molecule has 11 nitrogen and oxygen atoms in total. The Labute approximate surface area is 304 Å². The van der Waals surface area contributed by atoms with Crippen molar-refractivity contribution in [3.63, 3.8) is 0 Å². The van der Waals surface area contributed by atoms with Gasteiger partial charge in [-0.05, 0) is 76.0 Å². The Hall–Kier alpha value is -0.860. The first-order valence-electron chi connectivity index (χ1n) is 19.3. The molecule has 16 unspecified atom stereocenters. The lowest BCUT2D eigenvalue weighted by molar-refractivity contribution is -0.599. The maximum absolute atomic E-state index is 15.3. The minimum atomic E-state index is -5.01. The van der Waals surface area contributed by atoms with Crippen LogP contribution in [0.4, 0.5) is 26.3 Å². The molecule has 0 N–H and O–H groups in total. The van der Waals surface area contributed by atoms with Crippen molar-refractivity contribution in [2.45, 2.75) is 164 Å². The summed E-state index contributed by atoms with van der Waals surface area (Å²) in [5.41, 5.74) is -2.52. The predicted octanol–water partition coefficient (Wildman–Crippen LogP) is 7.07. The van der Waals surface area contributed by atoms with Crippen LogP contribution in [0.2, 0.25) is 0 Å². The molecule has 4 bridgehead atoms. The zero-order valence-corrected chi connectivity index (χ0v) is 30.8. The Balaban J connectivity index is 0.934. The summed E-state index contributed by atoms with van der Waals surface area (Å²) in [6, 6.07) is 0. The molecule has 0 amide bonds. The summed E-state index contributed by atoms with van der Waals surface area (Å²) in [4.78, 5) is 23.5.